The standard InChI is InChI=1S/C10H13N3O4S/c1-2-16-9(15)8-11-12-10(17-8)13-4-6(5-18)3-7(13)14/h6,18H,2-5H2,1H3. The van der Waals surface area contributed by atoms with E-state index in [1.54, 1.807) is 6.92 Å². The van der Waals surface area contributed by atoms with Crippen molar-refractivity contribution < 1.29 is 18.7 Å². The molecule has 1 unspecified atom stereocenters. The van der Waals surface area contributed by atoms with Crippen molar-refractivity contribution in [1.82, 2.24) is 10.2 Å². The van der Waals surface area contributed by atoms with Gasteiger partial charge in [-0.25, -0.2) is 4.79 Å². The van der Waals surface area contributed by atoms with Crippen molar-refractivity contribution in [3.05, 3.63) is 5.89 Å². The number of ether oxygens (including phenoxy) is 1. The van der Waals surface area contributed by atoms with E-state index in [-0.39, 0.29) is 30.3 Å². The van der Waals surface area contributed by atoms with Crippen LogP contribution < -0.4 is 4.90 Å². The van der Waals surface area contributed by atoms with Gasteiger partial charge >= 0.3 is 17.9 Å². The van der Waals surface area contributed by atoms with Gasteiger partial charge in [-0.2, -0.15) is 12.6 Å². The van der Waals surface area contributed by atoms with Crippen LogP contribution in [-0.4, -0.2) is 41.0 Å². The zero-order valence-corrected chi connectivity index (χ0v) is 10.7. The minimum atomic E-state index is -0.686. The molecule has 1 aliphatic rings. The first-order valence-electron chi connectivity index (χ1n) is 5.57. The van der Waals surface area contributed by atoms with Crippen LogP contribution in [0.2, 0.25) is 0 Å². The Morgan fingerprint density at radius 1 is 1.61 bits per heavy atom. The number of carbonyl (C=O) groups excluding carboxylic acids is 2. The van der Waals surface area contributed by atoms with Crippen LogP contribution >= 0.6 is 12.6 Å². The highest BCUT2D eigenvalue weighted by Crippen LogP contribution is 2.24. The molecule has 2 heterocycles. The van der Waals surface area contributed by atoms with Gasteiger partial charge in [-0.1, -0.05) is 10.2 Å². The second-order valence-corrected chi connectivity index (χ2v) is 4.23. The van der Waals surface area contributed by atoms with Gasteiger partial charge in [0.25, 0.3) is 0 Å². The van der Waals surface area contributed by atoms with Gasteiger partial charge in [0.1, 0.15) is 0 Å². The number of thiol groups is 1. The summed E-state index contributed by atoms with van der Waals surface area (Å²) < 4.78 is 9.85. The van der Waals surface area contributed by atoms with Crippen LogP contribution in [0.25, 0.3) is 0 Å². The Kier molecular flexibility index (Phi) is 3.85. The van der Waals surface area contributed by atoms with Gasteiger partial charge in [0.15, 0.2) is 0 Å². The van der Waals surface area contributed by atoms with E-state index in [0.29, 0.717) is 18.7 Å². The van der Waals surface area contributed by atoms with Crippen LogP contribution in [0.1, 0.15) is 24.0 Å². The number of rotatable bonds is 4. The van der Waals surface area contributed by atoms with Crippen LogP contribution in [0.5, 0.6) is 0 Å². The molecule has 2 rings (SSSR count). The summed E-state index contributed by atoms with van der Waals surface area (Å²) in [5.41, 5.74) is 0. The van der Waals surface area contributed by atoms with E-state index >= 15 is 0 Å². The minimum Gasteiger partial charge on any atom is -0.459 e. The normalized spacial score (nSPS) is 19.3. The van der Waals surface area contributed by atoms with Crippen molar-refractivity contribution in [3.63, 3.8) is 0 Å². The van der Waals surface area contributed by atoms with Gasteiger partial charge in [0.2, 0.25) is 5.91 Å². The van der Waals surface area contributed by atoms with Gasteiger partial charge in [-0.15, -0.1) is 0 Å². The molecule has 0 aromatic carbocycles. The van der Waals surface area contributed by atoms with Gasteiger partial charge in [-0.05, 0) is 18.6 Å². The Bertz CT molecular complexity index is 462. The predicted octanol–water partition coefficient (Wildman–Crippen LogP) is 0.529. The Morgan fingerprint density at radius 3 is 3.00 bits per heavy atom. The largest absolute Gasteiger partial charge is 0.459 e. The fourth-order valence-corrected chi connectivity index (χ4v) is 1.93. The molecular weight excluding hydrogens is 258 g/mol. The van der Waals surface area contributed by atoms with Gasteiger partial charge in [0.05, 0.1) is 6.61 Å². The van der Waals surface area contributed by atoms with Crippen molar-refractivity contribution in [2.75, 3.05) is 23.8 Å². The van der Waals surface area contributed by atoms with E-state index in [1.807, 2.05) is 0 Å². The lowest BCUT2D eigenvalue weighted by molar-refractivity contribution is -0.117. The summed E-state index contributed by atoms with van der Waals surface area (Å²) in [6.45, 7) is 2.38. The quantitative estimate of drug-likeness (QED) is 0.635. The number of anilines is 1. The molecule has 1 aromatic heterocycles. The highest BCUT2D eigenvalue weighted by molar-refractivity contribution is 7.80. The number of nitrogens with zero attached hydrogens (tertiary/aromatic N) is 3. The monoisotopic (exact) mass is 271 g/mol. The van der Waals surface area contributed by atoms with E-state index in [4.69, 9.17) is 9.15 Å². The fourth-order valence-electron chi connectivity index (χ4n) is 1.69. The molecule has 1 fully saturated rings. The maximum atomic E-state index is 11.7. The van der Waals surface area contributed by atoms with Crippen molar-refractivity contribution in [1.29, 1.82) is 0 Å². The zero-order valence-electron chi connectivity index (χ0n) is 9.83. The van der Waals surface area contributed by atoms with Crippen LogP contribution in [0.15, 0.2) is 4.42 Å². The zero-order chi connectivity index (χ0) is 13.1. The lowest BCUT2D eigenvalue weighted by Crippen LogP contribution is -2.25. The molecule has 0 saturated carbocycles. The number of amides is 1. The summed E-state index contributed by atoms with van der Waals surface area (Å²) in [7, 11) is 0. The molecule has 1 saturated heterocycles. The maximum Gasteiger partial charge on any atom is 0.396 e. The first-order chi connectivity index (χ1) is 8.65. The fraction of sp³-hybridized carbons (Fsp3) is 0.600. The molecule has 0 aliphatic carbocycles. The lowest BCUT2D eigenvalue weighted by atomic mass is 10.1. The molecule has 8 heteroatoms. The minimum absolute atomic E-state index is 0.0346. The maximum absolute atomic E-state index is 11.7. The molecule has 1 aromatic rings. The highest BCUT2D eigenvalue weighted by Gasteiger charge is 2.33. The summed E-state index contributed by atoms with van der Waals surface area (Å²) in [5.74, 6) is -0.254. The van der Waals surface area contributed by atoms with Crippen molar-refractivity contribution in [2.45, 2.75) is 13.3 Å². The summed E-state index contributed by atoms with van der Waals surface area (Å²) in [6.07, 6.45) is 0.403. The van der Waals surface area contributed by atoms with Crippen LogP contribution in [0.4, 0.5) is 6.01 Å². The van der Waals surface area contributed by atoms with Crippen molar-refractivity contribution in [3.8, 4) is 0 Å². The molecule has 1 aliphatic heterocycles. The first-order valence-corrected chi connectivity index (χ1v) is 6.20. The van der Waals surface area contributed by atoms with E-state index in [9.17, 15) is 9.59 Å². The Morgan fingerprint density at radius 2 is 2.39 bits per heavy atom. The smallest absolute Gasteiger partial charge is 0.396 e. The van der Waals surface area contributed by atoms with Crippen molar-refractivity contribution in [2.24, 2.45) is 5.92 Å². The third kappa shape index (κ3) is 2.47. The van der Waals surface area contributed by atoms with Gasteiger partial charge in [-0.3, -0.25) is 9.69 Å². The lowest BCUT2D eigenvalue weighted by Gasteiger charge is -2.09. The third-order valence-electron chi connectivity index (χ3n) is 2.56. The van der Waals surface area contributed by atoms with E-state index in [0.717, 1.165) is 0 Å². The van der Waals surface area contributed by atoms with Gasteiger partial charge < -0.3 is 9.15 Å². The SMILES string of the molecule is CCOC(=O)c1nnc(N2CC(CS)CC2=O)o1. The van der Waals surface area contributed by atoms with Crippen molar-refractivity contribution >= 4 is 30.5 Å². The topological polar surface area (TPSA) is 85.5 Å². The second kappa shape index (κ2) is 5.38. The molecule has 1 atom stereocenters. The average molecular weight is 271 g/mol. The summed E-state index contributed by atoms with van der Waals surface area (Å²) in [5, 5.41) is 7.24. The third-order valence-corrected chi connectivity index (χ3v) is 3.08. The number of hydrogen-bond acceptors (Lipinski definition) is 7. The van der Waals surface area contributed by atoms with Gasteiger partial charge in [0, 0.05) is 13.0 Å². The first kappa shape index (κ1) is 12.9. The predicted molar refractivity (Wildman–Crippen MR) is 64.6 cm³/mol. The van der Waals surface area contributed by atoms with Crippen LogP contribution in [0.3, 0.4) is 0 Å². The van der Waals surface area contributed by atoms with Crippen LogP contribution in [0, 0.1) is 5.92 Å². The van der Waals surface area contributed by atoms with E-state index < -0.39 is 5.97 Å². The molecule has 7 nitrogen and oxygen atoms in total. The molecule has 0 N–H and O–H groups in total. The summed E-state index contributed by atoms with van der Waals surface area (Å²) in [4.78, 5) is 24.4. The molecule has 98 valence electrons. The molecule has 0 spiro atoms. The number of esters is 1. The Hall–Kier alpha value is -1.57. The second-order valence-electron chi connectivity index (χ2n) is 3.87. The Labute approximate surface area is 109 Å². The average Bonchev–Trinajstić information content (AvgIpc) is 2.95. The summed E-state index contributed by atoms with van der Waals surface area (Å²) in [6, 6.07) is 0.0346. The molecular formula is C10H13N3O4S. The Balaban J connectivity index is 2.11. The molecule has 0 radical (unpaired) electrons. The molecule has 0 bridgehead atoms. The summed E-state index contributed by atoms with van der Waals surface area (Å²) >= 11 is 4.16. The van der Waals surface area contributed by atoms with E-state index in [2.05, 4.69) is 22.8 Å². The van der Waals surface area contributed by atoms with Crippen LogP contribution in [-0.2, 0) is 9.53 Å². The number of aromatic nitrogens is 2. The highest BCUT2D eigenvalue weighted by atomic mass is 32.1. The molecule has 1 amide bonds. The number of hydrogen-bond donors (Lipinski definition) is 1. The molecule has 18 heavy (non-hydrogen) atoms. The number of carbonyl (C=O) groups is 2. The van der Waals surface area contributed by atoms with E-state index in [1.165, 1.54) is 4.90 Å².